The molecular formula is C11H18FN3O. The summed E-state index contributed by atoms with van der Waals surface area (Å²) in [6.07, 6.45) is 1.45. The third-order valence-corrected chi connectivity index (χ3v) is 2.26. The third-order valence-electron chi connectivity index (χ3n) is 2.26. The molecule has 1 heterocycles. The van der Waals surface area contributed by atoms with Gasteiger partial charge >= 0.3 is 0 Å². The molecule has 0 saturated heterocycles. The summed E-state index contributed by atoms with van der Waals surface area (Å²) < 4.78 is 14.8. The van der Waals surface area contributed by atoms with Gasteiger partial charge in [-0.15, -0.1) is 0 Å². The van der Waals surface area contributed by atoms with Crippen molar-refractivity contribution in [2.75, 3.05) is 0 Å². The van der Waals surface area contributed by atoms with Crippen LogP contribution in [0.4, 0.5) is 4.39 Å². The van der Waals surface area contributed by atoms with E-state index in [1.165, 1.54) is 10.9 Å². The maximum absolute atomic E-state index is 13.5. The largest absolute Gasteiger partial charge is 0.351 e. The second-order valence-electron chi connectivity index (χ2n) is 4.71. The van der Waals surface area contributed by atoms with Gasteiger partial charge in [-0.25, -0.2) is 4.68 Å². The van der Waals surface area contributed by atoms with Crippen LogP contribution in [-0.2, 0) is 17.9 Å². The Hall–Kier alpha value is -1.39. The number of nitrogens with zero attached hydrogens (tertiary/aromatic N) is 2. The van der Waals surface area contributed by atoms with Gasteiger partial charge in [-0.3, -0.25) is 4.79 Å². The maximum atomic E-state index is 13.5. The summed E-state index contributed by atoms with van der Waals surface area (Å²) in [4.78, 5) is 11.6. The summed E-state index contributed by atoms with van der Waals surface area (Å²) in [5.41, 5.74) is -0.0449. The minimum atomic E-state index is -0.461. The van der Waals surface area contributed by atoms with Crippen LogP contribution in [-0.4, -0.2) is 15.7 Å². The highest BCUT2D eigenvalue weighted by Gasteiger charge is 2.21. The summed E-state index contributed by atoms with van der Waals surface area (Å²) in [6.45, 7) is 7.92. The lowest BCUT2D eigenvalue weighted by Crippen LogP contribution is -2.34. The van der Waals surface area contributed by atoms with Gasteiger partial charge in [0, 0.05) is 24.1 Å². The lowest BCUT2D eigenvalue weighted by atomic mass is 9.96. The third kappa shape index (κ3) is 2.81. The normalized spacial score (nSPS) is 11.6. The number of carbonyl (C=O) groups excluding carboxylic acids is 1. The average Bonchev–Trinajstić information content (AvgIpc) is 2.54. The molecule has 5 heteroatoms. The first-order valence-electron chi connectivity index (χ1n) is 5.34. The van der Waals surface area contributed by atoms with E-state index in [0.29, 0.717) is 12.1 Å². The zero-order chi connectivity index (χ0) is 12.3. The molecule has 0 fully saturated rings. The van der Waals surface area contributed by atoms with Crippen molar-refractivity contribution in [3.8, 4) is 0 Å². The quantitative estimate of drug-likeness (QED) is 0.854. The van der Waals surface area contributed by atoms with Crippen molar-refractivity contribution in [3.05, 3.63) is 17.7 Å². The van der Waals surface area contributed by atoms with Crippen molar-refractivity contribution in [2.45, 2.75) is 40.8 Å². The van der Waals surface area contributed by atoms with E-state index in [1.807, 2.05) is 27.7 Å². The molecule has 16 heavy (non-hydrogen) atoms. The molecule has 0 aliphatic heterocycles. The van der Waals surface area contributed by atoms with Crippen molar-refractivity contribution < 1.29 is 9.18 Å². The van der Waals surface area contributed by atoms with Crippen LogP contribution in [0.1, 0.15) is 33.3 Å². The molecule has 0 aliphatic carbocycles. The molecule has 0 bridgehead atoms. The van der Waals surface area contributed by atoms with E-state index in [2.05, 4.69) is 10.4 Å². The Labute approximate surface area is 94.8 Å². The van der Waals surface area contributed by atoms with E-state index in [0.717, 1.165) is 0 Å². The van der Waals surface area contributed by atoms with Crippen LogP contribution < -0.4 is 5.32 Å². The Balaban J connectivity index is 2.62. The summed E-state index contributed by atoms with van der Waals surface area (Å²) in [5, 5.41) is 6.55. The predicted molar refractivity (Wildman–Crippen MR) is 59.2 cm³/mol. The molecule has 1 aromatic rings. The van der Waals surface area contributed by atoms with Crippen molar-refractivity contribution >= 4 is 5.91 Å². The Morgan fingerprint density at radius 2 is 2.19 bits per heavy atom. The van der Waals surface area contributed by atoms with Gasteiger partial charge in [-0.1, -0.05) is 20.8 Å². The Bertz CT molecular complexity index is 379. The van der Waals surface area contributed by atoms with Crippen LogP contribution in [0, 0.1) is 11.4 Å². The van der Waals surface area contributed by atoms with Crippen molar-refractivity contribution in [1.29, 1.82) is 0 Å². The lowest BCUT2D eigenvalue weighted by Gasteiger charge is -2.17. The van der Waals surface area contributed by atoms with Gasteiger partial charge in [0.1, 0.15) is 0 Å². The topological polar surface area (TPSA) is 46.9 Å². The predicted octanol–water partition coefficient (Wildman–Crippen LogP) is 1.70. The van der Waals surface area contributed by atoms with E-state index in [9.17, 15) is 9.18 Å². The molecule has 1 amide bonds. The molecule has 1 rings (SSSR count). The second kappa shape index (κ2) is 4.63. The molecule has 0 saturated carbocycles. The molecule has 0 unspecified atom stereocenters. The van der Waals surface area contributed by atoms with Crippen LogP contribution in [0.15, 0.2) is 6.20 Å². The number of rotatable bonds is 3. The monoisotopic (exact) mass is 227 g/mol. The van der Waals surface area contributed by atoms with Gasteiger partial charge in [0.15, 0.2) is 0 Å². The molecule has 0 aliphatic rings. The number of nitrogens with one attached hydrogen (secondary N) is 1. The lowest BCUT2D eigenvalue weighted by molar-refractivity contribution is -0.128. The van der Waals surface area contributed by atoms with E-state index in [4.69, 9.17) is 0 Å². The number of carbonyl (C=O) groups is 1. The minimum absolute atomic E-state index is 0.101. The Morgan fingerprint density at radius 3 is 2.62 bits per heavy atom. The number of hydrogen-bond acceptors (Lipinski definition) is 2. The molecule has 4 nitrogen and oxygen atoms in total. The van der Waals surface area contributed by atoms with Crippen LogP contribution >= 0.6 is 0 Å². The molecule has 0 aromatic carbocycles. The van der Waals surface area contributed by atoms with Crippen LogP contribution in [0.5, 0.6) is 0 Å². The van der Waals surface area contributed by atoms with Crippen LogP contribution in [0.25, 0.3) is 0 Å². The maximum Gasteiger partial charge on any atom is 0.225 e. The summed E-state index contributed by atoms with van der Waals surface area (Å²) in [7, 11) is 0. The van der Waals surface area contributed by atoms with Crippen molar-refractivity contribution in [1.82, 2.24) is 15.1 Å². The fraction of sp³-hybridized carbons (Fsp3) is 0.636. The van der Waals surface area contributed by atoms with Gasteiger partial charge in [0.25, 0.3) is 0 Å². The van der Waals surface area contributed by atoms with Crippen LogP contribution in [0.2, 0.25) is 0 Å². The SMILES string of the molecule is CCn1ncc(CNC(=O)C(C)(C)C)c1F. The molecule has 1 N–H and O–H groups in total. The van der Waals surface area contributed by atoms with Gasteiger partial charge in [-0.05, 0) is 6.92 Å². The highest BCUT2D eigenvalue weighted by Crippen LogP contribution is 2.13. The fourth-order valence-corrected chi connectivity index (χ4v) is 1.19. The molecule has 90 valence electrons. The van der Waals surface area contributed by atoms with E-state index in [-0.39, 0.29) is 18.4 Å². The number of hydrogen-bond donors (Lipinski definition) is 1. The summed E-state index contributed by atoms with van der Waals surface area (Å²) in [6, 6.07) is 0. The molecule has 0 spiro atoms. The number of aromatic nitrogens is 2. The summed E-state index contributed by atoms with van der Waals surface area (Å²) in [5.74, 6) is -0.479. The molecular weight excluding hydrogens is 209 g/mol. The highest BCUT2D eigenvalue weighted by atomic mass is 19.1. The Morgan fingerprint density at radius 1 is 1.56 bits per heavy atom. The zero-order valence-corrected chi connectivity index (χ0v) is 10.2. The smallest absolute Gasteiger partial charge is 0.225 e. The zero-order valence-electron chi connectivity index (χ0n) is 10.2. The number of amides is 1. The molecule has 0 radical (unpaired) electrons. The first-order valence-corrected chi connectivity index (χ1v) is 5.34. The highest BCUT2D eigenvalue weighted by molar-refractivity contribution is 5.81. The van der Waals surface area contributed by atoms with Gasteiger partial charge in [-0.2, -0.15) is 9.49 Å². The molecule has 0 atom stereocenters. The Kier molecular flexibility index (Phi) is 3.67. The standard InChI is InChI=1S/C11H18FN3O/c1-5-15-9(12)8(7-14-15)6-13-10(16)11(2,3)4/h7H,5-6H2,1-4H3,(H,13,16). The van der Waals surface area contributed by atoms with Gasteiger partial charge < -0.3 is 5.32 Å². The number of aryl methyl sites for hydroxylation is 1. The number of halogens is 1. The van der Waals surface area contributed by atoms with E-state index >= 15 is 0 Å². The molecule has 1 aromatic heterocycles. The van der Waals surface area contributed by atoms with Gasteiger partial charge in [0.2, 0.25) is 11.9 Å². The average molecular weight is 227 g/mol. The fourth-order valence-electron chi connectivity index (χ4n) is 1.19. The van der Waals surface area contributed by atoms with Crippen LogP contribution in [0.3, 0.4) is 0 Å². The van der Waals surface area contributed by atoms with Crippen molar-refractivity contribution in [3.63, 3.8) is 0 Å². The minimum Gasteiger partial charge on any atom is -0.351 e. The van der Waals surface area contributed by atoms with E-state index in [1.54, 1.807) is 0 Å². The van der Waals surface area contributed by atoms with E-state index < -0.39 is 5.41 Å². The second-order valence-corrected chi connectivity index (χ2v) is 4.71. The first kappa shape index (κ1) is 12.7. The van der Waals surface area contributed by atoms with Gasteiger partial charge in [0.05, 0.1) is 6.20 Å². The first-order chi connectivity index (χ1) is 7.36. The summed E-state index contributed by atoms with van der Waals surface area (Å²) >= 11 is 0. The van der Waals surface area contributed by atoms with Crippen molar-refractivity contribution in [2.24, 2.45) is 5.41 Å².